The maximum absolute atomic E-state index is 9.95. The third kappa shape index (κ3) is 3.93. The van der Waals surface area contributed by atoms with Crippen molar-refractivity contribution in [3.8, 4) is 34.4 Å². The molecular weight excluding hydrogens is 404 g/mol. The molecule has 7 heteroatoms. The normalized spacial score (nSPS) is 13.2. The Bertz CT molecular complexity index is 1150. The summed E-state index contributed by atoms with van der Waals surface area (Å²) in [5, 5.41) is 9.95. The molecule has 2 N–H and O–H groups in total. The van der Waals surface area contributed by atoms with Gasteiger partial charge in [0, 0.05) is 37.3 Å². The van der Waals surface area contributed by atoms with Gasteiger partial charge in [0.1, 0.15) is 17.5 Å². The number of nitriles is 1. The van der Waals surface area contributed by atoms with Crippen LogP contribution in [0.5, 0.6) is 17.2 Å². The molecule has 0 fully saturated rings. The highest BCUT2D eigenvalue weighted by atomic mass is 16.5. The lowest BCUT2D eigenvalue weighted by atomic mass is 9.90. The Kier molecular flexibility index (Phi) is 6.15. The molecule has 1 aliphatic heterocycles. The van der Waals surface area contributed by atoms with E-state index in [1.165, 1.54) is 5.56 Å². The number of pyridine rings is 1. The van der Waals surface area contributed by atoms with E-state index >= 15 is 0 Å². The fourth-order valence-electron chi connectivity index (χ4n) is 4.27. The van der Waals surface area contributed by atoms with Crippen LogP contribution in [-0.4, -0.2) is 37.8 Å². The van der Waals surface area contributed by atoms with Crippen LogP contribution in [-0.2, 0) is 19.5 Å². The average Bonchev–Trinajstić information content (AvgIpc) is 2.83. The molecule has 0 aliphatic carbocycles. The smallest absolute Gasteiger partial charge is 0.203 e. The molecule has 164 valence electrons. The number of ether oxygens (including phenoxy) is 3. The third-order valence-electron chi connectivity index (χ3n) is 5.77. The van der Waals surface area contributed by atoms with E-state index in [4.69, 9.17) is 19.9 Å². The van der Waals surface area contributed by atoms with Gasteiger partial charge in [-0.2, -0.15) is 5.26 Å². The number of hydrogen-bond acceptors (Lipinski definition) is 7. The Balaban J connectivity index is 1.85. The van der Waals surface area contributed by atoms with Gasteiger partial charge in [0.15, 0.2) is 11.5 Å². The second kappa shape index (κ2) is 9.16. The lowest BCUT2D eigenvalue weighted by Gasteiger charge is -2.30. The van der Waals surface area contributed by atoms with Crippen molar-refractivity contribution in [3.05, 3.63) is 64.8 Å². The number of nitrogens with two attached hydrogens (primary N) is 1. The van der Waals surface area contributed by atoms with Crippen LogP contribution in [0.2, 0.25) is 0 Å². The Labute approximate surface area is 188 Å². The molecule has 32 heavy (non-hydrogen) atoms. The number of methoxy groups -OCH3 is 3. The van der Waals surface area contributed by atoms with Crippen LogP contribution in [0.3, 0.4) is 0 Å². The van der Waals surface area contributed by atoms with E-state index < -0.39 is 0 Å². The van der Waals surface area contributed by atoms with Gasteiger partial charge in [-0.3, -0.25) is 4.90 Å². The molecule has 1 aliphatic rings. The predicted molar refractivity (Wildman–Crippen MR) is 123 cm³/mol. The van der Waals surface area contributed by atoms with Crippen LogP contribution in [0.4, 0.5) is 5.82 Å². The minimum atomic E-state index is 0.242. The summed E-state index contributed by atoms with van der Waals surface area (Å²) >= 11 is 0. The van der Waals surface area contributed by atoms with Crippen molar-refractivity contribution in [2.75, 3.05) is 33.6 Å². The molecule has 0 unspecified atom stereocenters. The second-order valence-electron chi connectivity index (χ2n) is 7.64. The summed E-state index contributed by atoms with van der Waals surface area (Å²) in [5.41, 5.74) is 11.3. The lowest BCUT2D eigenvalue weighted by molar-refractivity contribution is 0.244. The average molecular weight is 431 g/mol. The first-order valence-corrected chi connectivity index (χ1v) is 10.4. The highest BCUT2D eigenvalue weighted by molar-refractivity contribution is 5.82. The fraction of sp³-hybridized carbons (Fsp3) is 0.280. The maximum atomic E-state index is 9.95. The van der Waals surface area contributed by atoms with E-state index in [0.29, 0.717) is 29.4 Å². The highest BCUT2D eigenvalue weighted by Crippen LogP contribution is 2.44. The Hall–Kier alpha value is -3.76. The van der Waals surface area contributed by atoms with Crippen LogP contribution in [0.15, 0.2) is 42.5 Å². The monoisotopic (exact) mass is 430 g/mol. The number of aromatic nitrogens is 1. The molecule has 0 atom stereocenters. The summed E-state index contributed by atoms with van der Waals surface area (Å²) in [4.78, 5) is 6.93. The van der Waals surface area contributed by atoms with Crippen LogP contribution >= 0.6 is 0 Å². The maximum Gasteiger partial charge on any atom is 0.203 e. The number of rotatable bonds is 6. The minimum Gasteiger partial charge on any atom is -0.493 e. The van der Waals surface area contributed by atoms with E-state index in [1.807, 2.05) is 30.3 Å². The number of nitrogens with zero attached hydrogens (tertiary/aromatic N) is 3. The van der Waals surface area contributed by atoms with Gasteiger partial charge in [0.25, 0.3) is 0 Å². The summed E-state index contributed by atoms with van der Waals surface area (Å²) in [5.74, 6) is 1.78. The molecule has 0 saturated carbocycles. The molecule has 3 aromatic rings. The number of benzene rings is 2. The molecule has 7 nitrogen and oxygen atoms in total. The van der Waals surface area contributed by atoms with Crippen LogP contribution in [0, 0.1) is 11.3 Å². The van der Waals surface area contributed by atoms with E-state index in [2.05, 4.69) is 28.1 Å². The number of anilines is 1. The van der Waals surface area contributed by atoms with Crippen molar-refractivity contribution >= 4 is 5.82 Å². The summed E-state index contributed by atoms with van der Waals surface area (Å²) < 4.78 is 16.6. The van der Waals surface area contributed by atoms with Crippen LogP contribution < -0.4 is 19.9 Å². The topological polar surface area (TPSA) is 93.6 Å². The first kappa shape index (κ1) is 21.5. The molecule has 4 rings (SSSR count). The van der Waals surface area contributed by atoms with Crippen molar-refractivity contribution in [3.63, 3.8) is 0 Å². The second-order valence-corrected chi connectivity index (χ2v) is 7.64. The van der Waals surface area contributed by atoms with E-state index in [0.717, 1.165) is 41.9 Å². The first-order chi connectivity index (χ1) is 15.6. The van der Waals surface area contributed by atoms with Crippen LogP contribution in [0.1, 0.15) is 22.4 Å². The van der Waals surface area contributed by atoms with Gasteiger partial charge < -0.3 is 19.9 Å². The molecule has 0 radical (unpaired) electrons. The van der Waals surface area contributed by atoms with E-state index in [9.17, 15) is 5.26 Å². The van der Waals surface area contributed by atoms with Gasteiger partial charge >= 0.3 is 0 Å². The summed E-state index contributed by atoms with van der Waals surface area (Å²) in [6.45, 7) is 2.36. The Morgan fingerprint density at radius 1 is 1.06 bits per heavy atom. The van der Waals surface area contributed by atoms with Crippen molar-refractivity contribution in [1.82, 2.24) is 9.88 Å². The molecular formula is C25H26N4O3. The first-order valence-electron chi connectivity index (χ1n) is 10.4. The molecule has 0 amide bonds. The Morgan fingerprint density at radius 3 is 2.34 bits per heavy atom. The van der Waals surface area contributed by atoms with Crippen LogP contribution in [0.25, 0.3) is 11.1 Å². The van der Waals surface area contributed by atoms with Crippen molar-refractivity contribution in [2.24, 2.45) is 0 Å². The van der Waals surface area contributed by atoms with Gasteiger partial charge in [-0.1, -0.05) is 30.3 Å². The van der Waals surface area contributed by atoms with Gasteiger partial charge in [0.05, 0.1) is 21.3 Å². The summed E-state index contributed by atoms with van der Waals surface area (Å²) in [6, 6.07) is 16.3. The predicted octanol–water partition coefficient (Wildman–Crippen LogP) is 3.79. The zero-order chi connectivity index (χ0) is 22.7. The summed E-state index contributed by atoms with van der Waals surface area (Å²) in [6.07, 6.45) is 0.759. The zero-order valence-electron chi connectivity index (χ0n) is 18.5. The van der Waals surface area contributed by atoms with Gasteiger partial charge in [-0.25, -0.2) is 4.98 Å². The molecule has 0 spiro atoms. The van der Waals surface area contributed by atoms with Gasteiger partial charge in [-0.15, -0.1) is 0 Å². The van der Waals surface area contributed by atoms with Gasteiger partial charge in [-0.05, 0) is 28.8 Å². The largest absolute Gasteiger partial charge is 0.493 e. The molecule has 2 heterocycles. The van der Waals surface area contributed by atoms with Crippen molar-refractivity contribution < 1.29 is 14.2 Å². The molecule has 1 aromatic heterocycles. The zero-order valence-corrected chi connectivity index (χ0v) is 18.5. The Morgan fingerprint density at radius 2 is 1.75 bits per heavy atom. The van der Waals surface area contributed by atoms with Crippen molar-refractivity contribution in [1.29, 1.82) is 5.26 Å². The van der Waals surface area contributed by atoms with E-state index in [1.54, 1.807) is 21.3 Å². The quantitative estimate of drug-likeness (QED) is 0.636. The number of hydrogen-bond donors (Lipinski definition) is 1. The van der Waals surface area contributed by atoms with Crippen molar-refractivity contribution in [2.45, 2.75) is 19.5 Å². The fourth-order valence-corrected chi connectivity index (χ4v) is 4.27. The lowest BCUT2D eigenvalue weighted by Crippen LogP contribution is -2.31. The number of fused-ring (bicyclic) bond motifs is 1. The molecule has 0 bridgehead atoms. The third-order valence-corrected chi connectivity index (χ3v) is 5.77. The molecule has 2 aromatic carbocycles. The SMILES string of the molecule is COc1cc(-c2c(C#N)c(N)nc3c2CN(Cc2ccccc2)CC3)cc(OC)c1OC. The molecule has 0 saturated heterocycles. The summed E-state index contributed by atoms with van der Waals surface area (Å²) in [7, 11) is 4.71. The minimum absolute atomic E-state index is 0.242. The van der Waals surface area contributed by atoms with E-state index in [-0.39, 0.29) is 5.82 Å². The number of nitrogen functional groups attached to an aromatic ring is 1. The van der Waals surface area contributed by atoms with Gasteiger partial charge in [0.2, 0.25) is 5.75 Å². The standard InChI is InChI=1S/C25H26N4O3/c1-30-21-11-17(12-22(31-2)24(21)32-3)23-18(13-26)25(27)28-20-9-10-29(15-19(20)23)14-16-7-5-4-6-8-16/h4-8,11-12H,9-10,14-15H2,1-3H3,(H2,27,28). The highest BCUT2D eigenvalue weighted by Gasteiger charge is 2.27.